The number of hydrogen-bond acceptors (Lipinski definition) is 5. The molecule has 2 aromatic carbocycles. The molecule has 1 fully saturated rings. The van der Waals surface area contributed by atoms with Crippen LogP contribution in [0.2, 0.25) is 0 Å². The first-order valence-corrected chi connectivity index (χ1v) is 12.6. The lowest BCUT2D eigenvalue weighted by Gasteiger charge is -2.33. The Morgan fingerprint density at radius 1 is 0.944 bits per heavy atom. The maximum absolute atomic E-state index is 13.9. The second-order valence-corrected chi connectivity index (χ2v) is 9.53. The Balaban J connectivity index is 1.80. The molecule has 1 saturated carbocycles. The van der Waals surface area contributed by atoms with Gasteiger partial charge in [0.05, 0.1) is 13.3 Å². The third kappa shape index (κ3) is 5.90. The number of aromatic nitrogens is 2. The van der Waals surface area contributed by atoms with E-state index in [9.17, 15) is 9.59 Å². The third-order valence-corrected chi connectivity index (χ3v) is 6.73. The largest absolute Gasteiger partial charge is 0.497 e. The summed E-state index contributed by atoms with van der Waals surface area (Å²) < 4.78 is 5.33. The van der Waals surface area contributed by atoms with Crippen molar-refractivity contribution in [3.05, 3.63) is 83.9 Å². The lowest BCUT2D eigenvalue weighted by molar-refractivity contribution is -0.123. The Bertz CT molecular complexity index is 1140. The minimum atomic E-state index is -0.891. The van der Waals surface area contributed by atoms with Crippen LogP contribution in [0.5, 0.6) is 5.75 Å². The SMILES string of the molecule is COc1ccc([C@@H](C(=O)NC2CCCCC2)N(C(=O)c2cnccn2)c2ccc(C(C)C)cc2)cc1. The number of methoxy groups -OCH3 is 1. The van der Waals surface area contributed by atoms with E-state index in [1.165, 1.54) is 29.9 Å². The Morgan fingerprint density at radius 2 is 1.61 bits per heavy atom. The predicted octanol–water partition coefficient (Wildman–Crippen LogP) is 5.45. The fourth-order valence-electron chi connectivity index (χ4n) is 4.67. The summed E-state index contributed by atoms with van der Waals surface area (Å²) in [6.07, 6.45) is 9.71. The van der Waals surface area contributed by atoms with Crippen molar-refractivity contribution in [2.75, 3.05) is 12.0 Å². The van der Waals surface area contributed by atoms with E-state index in [4.69, 9.17) is 4.74 Å². The zero-order chi connectivity index (χ0) is 25.5. The van der Waals surface area contributed by atoms with Gasteiger partial charge < -0.3 is 10.1 Å². The summed E-state index contributed by atoms with van der Waals surface area (Å²) >= 11 is 0. The molecule has 1 atom stereocenters. The number of anilines is 1. The maximum Gasteiger partial charge on any atom is 0.279 e. The van der Waals surface area contributed by atoms with Gasteiger partial charge in [0, 0.05) is 24.1 Å². The number of benzene rings is 2. The molecular formula is C29H34N4O3. The highest BCUT2D eigenvalue weighted by Gasteiger charge is 2.35. The molecule has 0 saturated heterocycles. The van der Waals surface area contributed by atoms with Gasteiger partial charge in [-0.1, -0.05) is 57.4 Å². The molecule has 0 radical (unpaired) electrons. The van der Waals surface area contributed by atoms with E-state index < -0.39 is 6.04 Å². The quantitative estimate of drug-likeness (QED) is 0.458. The van der Waals surface area contributed by atoms with Gasteiger partial charge >= 0.3 is 0 Å². The maximum atomic E-state index is 13.9. The van der Waals surface area contributed by atoms with Gasteiger partial charge in [-0.3, -0.25) is 19.5 Å². The molecular weight excluding hydrogens is 452 g/mol. The molecule has 188 valence electrons. The fourth-order valence-corrected chi connectivity index (χ4v) is 4.67. The van der Waals surface area contributed by atoms with E-state index in [1.54, 1.807) is 7.11 Å². The Labute approximate surface area is 212 Å². The summed E-state index contributed by atoms with van der Waals surface area (Å²) in [5.74, 6) is 0.422. The number of carbonyl (C=O) groups excluding carboxylic acids is 2. The van der Waals surface area contributed by atoms with Gasteiger partial charge in [-0.05, 0) is 54.2 Å². The smallest absolute Gasteiger partial charge is 0.279 e. The number of carbonyl (C=O) groups is 2. The molecule has 0 bridgehead atoms. The highest BCUT2D eigenvalue weighted by atomic mass is 16.5. The van der Waals surface area contributed by atoms with Gasteiger partial charge in [0.2, 0.25) is 5.91 Å². The summed E-state index contributed by atoms with van der Waals surface area (Å²) in [7, 11) is 1.60. The summed E-state index contributed by atoms with van der Waals surface area (Å²) in [5, 5.41) is 3.23. The molecule has 1 aliphatic carbocycles. The van der Waals surface area contributed by atoms with Crippen molar-refractivity contribution in [3.63, 3.8) is 0 Å². The fraction of sp³-hybridized carbons (Fsp3) is 0.379. The van der Waals surface area contributed by atoms with E-state index in [2.05, 4.69) is 29.1 Å². The van der Waals surface area contributed by atoms with E-state index >= 15 is 0 Å². The molecule has 7 heteroatoms. The Kier molecular flexibility index (Phi) is 8.31. The number of ether oxygens (including phenoxy) is 1. The van der Waals surface area contributed by atoms with Gasteiger partial charge in [-0.25, -0.2) is 4.98 Å². The van der Waals surface area contributed by atoms with Gasteiger partial charge in [0.1, 0.15) is 17.5 Å². The normalized spacial score (nSPS) is 14.8. The summed E-state index contributed by atoms with van der Waals surface area (Å²) in [4.78, 5) is 37.7. The van der Waals surface area contributed by atoms with E-state index in [1.807, 2.05) is 48.5 Å². The number of hydrogen-bond donors (Lipinski definition) is 1. The van der Waals surface area contributed by atoms with Crippen molar-refractivity contribution in [3.8, 4) is 5.75 Å². The first kappa shape index (κ1) is 25.4. The van der Waals surface area contributed by atoms with Crippen LogP contribution in [0.25, 0.3) is 0 Å². The van der Waals surface area contributed by atoms with Gasteiger partial charge in [0.15, 0.2) is 0 Å². The number of nitrogens with one attached hydrogen (secondary N) is 1. The zero-order valence-electron chi connectivity index (χ0n) is 21.2. The lowest BCUT2D eigenvalue weighted by atomic mass is 9.94. The molecule has 36 heavy (non-hydrogen) atoms. The second-order valence-electron chi connectivity index (χ2n) is 9.53. The predicted molar refractivity (Wildman–Crippen MR) is 140 cm³/mol. The van der Waals surface area contributed by atoms with Crippen molar-refractivity contribution in [1.29, 1.82) is 0 Å². The molecule has 0 aliphatic heterocycles. The van der Waals surface area contributed by atoms with Crippen molar-refractivity contribution < 1.29 is 14.3 Å². The Morgan fingerprint density at radius 3 is 2.19 bits per heavy atom. The van der Waals surface area contributed by atoms with Crippen molar-refractivity contribution in [2.45, 2.75) is 64.0 Å². The first-order valence-electron chi connectivity index (χ1n) is 12.6. The molecule has 0 spiro atoms. The van der Waals surface area contributed by atoms with Crippen LogP contribution in [0.15, 0.2) is 67.1 Å². The van der Waals surface area contributed by atoms with E-state index in [-0.39, 0.29) is 23.6 Å². The first-order chi connectivity index (χ1) is 17.5. The van der Waals surface area contributed by atoms with E-state index in [0.717, 1.165) is 31.2 Å². The molecule has 2 amide bonds. The van der Waals surface area contributed by atoms with Gasteiger partial charge in [-0.15, -0.1) is 0 Å². The molecule has 1 aliphatic rings. The molecule has 1 N–H and O–H groups in total. The molecule has 4 rings (SSSR count). The lowest BCUT2D eigenvalue weighted by Crippen LogP contribution is -2.47. The number of amides is 2. The monoisotopic (exact) mass is 486 g/mol. The zero-order valence-corrected chi connectivity index (χ0v) is 21.2. The summed E-state index contributed by atoms with van der Waals surface area (Å²) in [6, 6.07) is 14.3. The van der Waals surface area contributed by atoms with Crippen LogP contribution in [0.4, 0.5) is 5.69 Å². The minimum Gasteiger partial charge on any atom is -0.497 e. The second kappa shape index (κ2) is 11.8. The average Bonchev–Trinajstić information content (AvgIpc) is 2.92. The molecule has 1 heterocycles. The topological polar surface area (TPSA) is 84.4 Å². The third-order valence-electron chi connectivity index (χ3n) is 6.73. The Hall–Kier alpha value is -3.74. The number of nitrogens with zero attached hydrogens (tertiary/aromatic N) is 3. The summed E-state index contributed by atoms with van der Waals surface area (Å²) in [6.45, 7) is 4.24. The van der Waals surface area contributed by atoms with Crippen LogP contribution < -0.4 is 15.0 Å². The average molecular weight is 487 g/mol. The van der Waals surface area contributed by atoms with Crippen LogP contribution in [0, 0.1) is 0 Å². The number of rotatable bonds is 8. The van der Waals surface area contributed by atoms with Crippen LogP contribution in [0.1, 0.15) is 79.5 Å². The highest BCUT2D eigenvalue weighted by Crippen LogP contribution is 2.32. The van der Waals surface area contributed by atoms with Gasteiger partial charge in [-0.2, -0.15) is 0 Å². The molecule has 1 aromatic heterocycles. The van der Waals surface area contributed by atoms with Crippen LogP contribution in [-0.4, -0.2) is 34.9 Å². The van der Waals surface area contributed by atoms with Crippen molar-refractivity contribution >= 4 is 17.5 Å². The van der Waals surface area contributed by atoms with Crippen LogP contribution in [-0.2, 0) is 4.79 Å². The molecule has 0 unspecified atom stereocenters. The van der Waals surface area contributed by atoms with Crippen LogP contribution in [0.3, 0.4) is 0 Å². The van der Waals surface area contributed by atoms with Gasteiger partial charge in [0.25, 0.3) is 5.91 Å². The van der Waals surface area contributed by atoms with Crippen molar-refractivity contribution in [2.24, 2.45) is 0 Å². The van der Waals surface area contributed by atoms with Crippen LogP contribution >= 0.6 is 0 Å². The summed E-state index contributed by atoms with van der Waals surface area (Å²) in [5.41, 5.74) is 2.64. The molecule has 3 aromatic rings. The molecule has 7 nitrogen and oxygen atoms in total. The highest BCUT2D eigenvalue weighted by molar-refractivity contribution is 6.09. The minimum absolute atomic E-state index is 0.101. The van der Waals surface area contributed by atoms with E-state index in [0.29, 0.717) is 22.9 Å². The van der Waals surface area contributed by atoms with Crippen molar-refractivity contribution in [1.82, 2.24) is 15.3 Å². The standard InChI is InChI=1S/C29H34N4O3/c1-20(2)21-9-13-24(14-10-21)33(29(35)26-19-30-17-18-31-26)27(22-11-15-25(36-3)16-12-22)28(34)32-23-7-5-4-6-8-23/h9-20,23,27H,4-8H2,1-3H3,(H,32,34)/t27-/m0/s1.